The van der Waals surface area contributed by atoms with Gasteiger partial charge < -0.3 is 19.3 Å². The van der Waals surface area contributed by atoms with E-state index in [1.807, 2.05) is 13.8 Å². The van der Waals surface area contributed by atoms with Crippen molar-refractivity contribution in [2.45, 2.75) is 20.3 Å². The molecule has 2 rings (SSSR count). The summed E-state index contributed by atoms with van der Waals surface area (Å²) < 4.78 is 10.6. The summed E-state index contributed by atoms with van der Waals surface area (Å²) in [7, 11) is 3.12. The minimum Gasteiger partial charge on any atom is -0.497 e. The van der Waals surface area contributed by atoms with Crippen molar-refractivity contribution in [3.8, 4) is 11.5 Å². The third kappa shape index (κ3) is 4.13. The lowest BCUT2D eigenvalue weighted by Crippen LogP contribution is -2.38. The summed E-state index contributed by atoms with van der Waals surface area (Å²) >= 11 is 0. The molecule has 0 aromatic heterocycles. The fourth-order valence-electron chi connectivity index (χ4n) is 3.04. The van der Waals surface area contributed by atoms with Gasteiger partial charge in [0, 0.05) is 32.1 Å². The van der Waals surface area contributed by atoms with Crippen molar-refractivity contribution in [3.63, 3.8) is 0 Å². The largest absolute Gasteiger partial charge is 0.497 e. The second-order valence-corrected chi connectivity index (χ2v) is 6.25. The van der Waals surface area contributed by atoms with Gasteiger partial charge in [0.2, 0.25) is 11.8 Å². The minimum absolute atomic E-state index is 0.00571. The van der Waals surface area contributed by atoms with Crippen LogP contribution in [-0.4, -0.2) is 50.6 Å². The normalized spacial score (nSPS) is 16.7. The quantitative estimate of drug-likeness (QED) is 0.712. The molecule has 0 aliphatic carbocycles. The van der Waals surface area contributed by atoms with Crippen LogP contribution in [0.3, 0.4) is 0 Å². The SMILES string of the molecule is C=C(C)CN(CC)C(=O)C1CC(=O)N(c2ccc(OC)cc2OC)C1. The van der Waals surface area contributed by atoms with Crippen molar-refractivity contribution in [3.05, 3.63) is 30.4 Å². The first-order chi connectivity index (χ1) is 11.9. The average molecular weight is 346 g/mol. The van der Waals surface area contributed by atoms with E-state index in [1.165, 1.54) is 0 Å². The smallest absolute Gasteiger partial charge is 0.228 e. The summed E-state index contributed by atoms with van der Waals surface area (Å²) in [4.78, 5) is 28.6. The van der Waals surface area contributed by atoms with Gasteiger partial charge in [0.25, 0.3) is 0 Å². The maximum Gasteiger partial charge on any atom is 0.228 e. The highest BCUT2D eigenvalue weighted by atomic mass is 16.5. The highest BCUT2D eigenvalue weighted by Crippen LogP contribution is 2.36. The first-order valence-electron chi connectivity index (χ1n) is 8.36. The standard InChI is InChI=1S/C19H26N2O4/c1-6-20(11-13(2)3)19(23)14-9-18(22)21(12-14)16-8-7-15(24-4)10-17(16)25-5/h7-8,10,14H,2,6,9,11-12H2,1,3-5H3. The van der Waals surface area contributed by atoms with Gasteiger partial charge in [-0.2, -0.15) is 0 Å². The zero-order valence-electron chi connectivity index (χ0n) is 15.4. The van der Waals surface area contributed by atoms with Gasteiger partial charge in [0.1, 0.15) is 11.5 Å². The average Bonchev–Trinajstić information content (AvgIpc) is 2.99. The topological polar surface area (TPSA) is 59.1 Å². The molecule has 0 N–H and O–H groups in total. The van der Waals surface area contributed by atoms with Crippen molar-refractivity contribution in [1.29, 1.82) is 0 Å². The van der Waals surface area contributed by atoms with Gasteiger partial charge >= 0.3 is 0 Å². The Bertz CT molecular complexity index is 671. The van der Waals surface area contributed by atoms with Crippen LogP contribution < -0.4 is 14.4 Å². The number of ether oxygens (including phenoxy) is 2. The summed E-state index contributed by atoms with van der Waals surface area (Å²) in [5.74, 6) is 0.772. The number of methoxy groups -OCH3 is 2. The molecule has 6 nitrogen and oxygen atoms in total. The van der Waals surface area contributed by atoms with Gasteiger partial charge in [-0.3, -0.25) is 9.59 Å². The maximum absolute atomic E-state index is 12.7. The van der Waals surface area contributed by atoms with Crippen molar-refractivity contribution in [1.82, 2.24) is 4.90 Å². The Hall–Kier alpha value is -2.50. The Morgan fingerprint density at radius 2 is 2.08 bits per heavy atom. The van der Waals surface area contributed by atoms with Gasteiger partial charge in [-0.25, -0.2) is 0 Å². The van der Waals surface area contributed by atoms with Crippen LogP contribution in [-0.2, 0) is 9.59 Å². The third-order valence-electron chi connectivity index (χ3n) is 4.31. The monoisotopic (exact) mass is 346 g/mol. The van der Waals surface area contributed by atoms with Crippen molar-refractivity contribution in [2.24, 2.45) is 5.92 Å². The lowest BCUT2D eigenvalue weighted by Gasteiger charge is -2.24. The van der Waals surface area contributed by atoms with Crippen molar-refractivity contribution < 1.29 is 19.1 Å². The predicted octanol–water partition coefficient (Wildman–Crippen LogP) is 2.48. The van der Waals surface area contributed by atoms with E-state index in [1.54, 1.807) is 42.2 Å². The summed E-state index contributed by atoms with van der Waals surface area (Å²) in [6, 6.07) is 5.30. The predicted molar refractivity (Wildman–Crippen MR) is 97.1 cm³/mol. The lowest BCUT2D eigenvalue weighted by molar-refractivity contribution is -0.135. The van der Waals surface area contributed by atoms with E-state index >= 15 is 0 Å². The Balaban J connectivity index is 2.20. The lowest BCUT2D eigenvalue weighted by atomic mass is 10.1. The number of rotatable bonds is 7. The molecule has 25 heavy (non-hydrogen) atoms. The second-order valence-electron chi connectivity index (χ2n) is 6.25. The summed E-state index contributed by atoms with van der Waals surface area (Å²) in [5.41, 5.74) is 1.58. The number of anilines is 1. The van der Waals surface area contributed by atoms with E-state index in [0.717, 1.165) is 5.57 Å². The molecule has 0 spiro atoms. The fourth-order valence-corrected chi connectivity index (χ4v) is 3.04. The molecule has 1 fully saturated rings. The van der Waals surface area contributed by atoms with E-state index in [0.29, 0.717) is 36.8 Å². The van der Waals surface area contributed by atoms with Crippen LogP contribution >= 0.6 is 0 Å². The van der Waals surface area contributed by atoms with Gasteiger partial charge in [-0.1, -0.05) is 12.2 Å². The number of amides is 2. The van der Waals surface area contributed by atoms with Crippen LogP contribution in [0.5, 0.6) is 11.5 Å². The van der Waals surface area contributed by atoms with E-state index in [9.17, 15) is 9.59 Å². The van der Waals surface area contributed by atoms with Crippen LogP contribution in [0.2, 0.25) is 0 Å². The molecule has 0 radical (unpaired) electrons. The molecule has 1 unspecified atom stereocenters. The van der Waals surface area contributed by atoms with Crippen molar-refractivity contribution >= 4 is 17.5 Å². The number of benzene rings is 1. The number of likely N-dealkylation sites (N-methyl/N-ethyl adjacent to an activating group) is 1. The highest BCUT2D eigenvalue weighted by molar-refractivity contribution is 6.01. The number of hydrogen-bond donors (Lipinski definition) is 0. The van der Waals surface area contributed by atoms with Crippen LogP contribution in [0, 0.1) is 5.92 Å². The Morgan fingerprint density at radius 1 is 1.36 bits per heavy atom. The maximum atomic E-state index is 12.7. The zero-order valence-corrected chi connectivity index (χ0v) is 15.4. The molecule has 0 bridgehead atoms. The van der Waals surface area contributed by atoms with Crippen LogP contribution in [0.25, 0.3) is 0 Å². The summed E-state index contributed by atoms with van der Waals surface area (Å²) in [5, 5.41) is 0. The number of carbonyl (C=O) groups is 2. The molecule has 1 atom stereocenters. The number of nitrogens with zero attached hydrogens (tertiary/aromatic N) is 2. The molecule has 1 aromatic carbocycles. The van der Waals surface area contributed by atoms with Gasteiger partial charge in [-0.05, 0) is 26.0 Å². The molecule has 1 aromatic rings. The van der Waals surface area contributed by atoms with Gasteiger partial charge in [0.05, 0.1) is 25.8 Å². The molecule has 1 aliphatic heterocycles. The van der Waals surface area contributed by atoms with E-state index in [-0.39, 0.29) is 24.2 Å². The third-order valence-corrected chi connectivity index (χ3v) is 4.31. The molecule has 1 aliphatic rings. The number of carbonyl (C=O) groups excluding carboxylic acids is 2. The fraction of sp³-hybridized carbons (Fsp3) is 0.474. The number of hydrogen-bond acceptors (Lipinski definition) is 4. The molecule has 1 heterocycles. The summed E-state index contributed by atoms with van der Waals surface area (Å²) in [6.07, 6.45) is 0.209. The van der Waals surface area contributed by atoms with E-state index in [2.05, 4.69) is 6.58 Å². The molecule has 6 heteroatoms. The minimum atomic E-state index is -0.349. The Kier molecular flexibility index (Phi) is 6.07. The Labute approximate surface area is 149 Å². The van der Waals surface area contributed by atoms with Crippen LogP contribution in [0.4, 0.5) is 5.69 Å². The zero-order chi connectivity index (χ0) is 18.6. The molecular formula is C19H26N2O4. The van der Waals surface area contributed by atoms with E-state index < -0.39 is 0 Å². The molecule has 2 amide bonds. The van der Waals surface area contributed by atoms with Crippen molar-refractivity contribution in [2.75, 3.05) is 38.8 Å². The first-order valence-corrected chi connectivity index (χ1v) is 8.36. The van der Waals surface area contributed by atoms with Gasteiger partial charge in [-0.15, -0.1) is 0 Å². The Morgan fingerprint density at radius 3 is 2.64 bits per heavy atom. The molecular weight excluding hydrogens is 320 g/mol. The molecule has 1 saturated heterocycles. The summed E-state index contributed by atoms with van der Waals surface area (Å²) in [6.45, 7) is 9.17. The van der Waals surface area contributed by atoms with Crippen LogP contribution in [0.15, 0.2) is 30.4 Å². The molecule has 136 valence electrons. The van der Waals surface area contributed by atoms with Crippen LogP contribution in [0.1, 0.15) is 20.3 Å². The molecule has 0 saturated carbocycles. The second kappa shape index (κ2) is 8.05. The van der Waals surface area contributed by atoms with E-state index in [4.69, 9.17) is 9.47 Å². The highest BCUT2D eigenvalue weighted by Gasteiger charge is 2.37. The van der Waals surface area contributed by atoms with Gasteiger partial charge in [0.15, 0.2) is 0 Å². The first kappa shape index (κ1) is 18.8.